The predicted octanol–water partition coefficient (Wildman–Crippen LogP) is 7.27. The van der Waals surface area contributed by atoms with Crippen molar-refractivity contribution in [3.8, 4) is 23.0 Å². The third-order valence-electron chi connectivity index (χ3n) is 7.58. The van der Waals surface area contributed by atoms with Gasteiger partial charge in [0.05, 0.1) is 5.41 Å². The van der Waals surface area contributed by atoms with Gasteiger partial charge in [-0.1, -0.05) is 30.7 Å². The van der Waals surface area contributed by atoms with Crippen molar-refractivity contribution in [2.45, 2.75) is 53.1 Å². The van der Waals surface area contributed by atoms with Crippen molar-refractivity contribution in [3.05, 3.63) is 83.4 Å². The molecule has 0 bridgehead atoms. The van der Waals surface area contributed by atoms with E-state index in [4.69, 9.17) is 14.2 Å². The molecule has 1 fully saturated rings. The van der Waals surface area contributed by atoms with Crippen molar-refractivity contribution in [3.63, 3.8) is 0 Å². The molecule has 1 N–H and O–H groups in total. The topological polar surface area (TPSA) is 68.2 Å². The van der Waals surface area contributed by atoms with Crippen LogP contribution >= 0.6 is 0 Å². The molecule has 1 saturated heterocycles. The Bertz CT molecular complexity index is 1360. The highest BCUT2D eigenvalue weighted by Crippen LogP contribution is 2.47. The number of phenols is 1. The number of ether oxygens (including phenoxy) is 3. The van der Waals surface area contributed by atoms with Crippen LogP contribution in [-0.4, -0.2) is 42.2 Å². The standard InChI is InChI=1S/C34H39NO5/c1-23-29-17-12-26(36)22-30(29)40-32(31(23)24-8-15-28(16-9-24)39-33(37)34(2,3)4)25-10-13-27(14-11-25)38-21-20-35-18-6-5-7-19-35/h8-17,22,32,36H,5-7,18-21H2,1-4H3/t32-/m0/s1. The van der Waals surface area contributed by atoms with Gasteiger partial charge in [-0.2, -0.15) is 0 Å². The number of nitrogens with zero attached hydrogens (tertiary/aromatic N) is 1. The molecule has 210 valence electrons. The number of fused-ring (bicyclic) bond motifs is 1. The van der Waals surface area contributed by atoms with Gasteiger partial charge in [0, 0.05) is 23.7 Å². The van der Waals surface area contributed by atoms with Crippen LogP contribution in [0.3, 0.4) is 0 Å². The zero-order chi connectivity index (χ0) is 28.3. The maximum absolute atomic E-state index is 12.4. The molecule has 1 atom stereocenters. The zero-order valence-electron chi connectivity index (χ0n) is 23.9. The highest BCUT2D eigenvalue weighted by atomic mass is 16.5. The smallest absolute Gasteiger partial charge is 0.316 e. The number of hydrogen-bond donors (Lipinski definition) is 1. The molecule has 2 aliphatic heterocycles. The van der Waals surface area contributed by atoms with Gasteiger partial charge in [0.2, 0.25) is 0 Å². The van der Waals surface area contributed by atoms with Crippen LogP contribution in [0.4, 0.5) is 0 Å². The summed E-state index contributed by atoms with van der Waals surface area (Å²) in [5.74, 6) is 1.87. The van der Waals surface area contributed by atoms with E-state index in [0.29, 0.717) is 18.1 Å². The maximum Gasteiger partial charge on any atom is 0.316 e. The average molecular weight is 542 g/mol. The van der Waals surface area contributed by atoms with Crippen LogP contribution in [0.1, 0.15) is 69.8 Å². The summed E-state index contributed by atoms with van der Waals surface area (Å²) in [7, 11) is 0. The fourth-order valence-corrected chi connectivity index (χ4v) is 5.23. The van der Waals surface area contributed by atoms with Crippen LogP contribution < -0.4 is 14.2 Å². The molecular weight excluding hydrogens is 502 g/mol. The molecule has 0 amide bonds. The molecular formula is C34H39NO5. The van der Waals surface area contributed by atoms with Gasteiger partial charge in [0.15, 0.2) is 0 Å². The van der Waals surface area contributed by atoms with Gasteiger partial charge >= 0.3 is 5.97 Å². The summed E-state index contributed by atoms with van der Waals surface area (Å²) in [5, 5.41) is 10.1. The molecule has 3 aromatic carbocycles. The molecule has 0 saturated carbocycles. The predicted molar refractivity (Wildman–Crippen MR) is 158 cm³/mol. The largest absolute Gasteiger partial charge is 0.508 e. The molecule has 0 spiro atoms. The van der Waals surface area contributed by atoms with Gasteiger partial charge in [-0.25, -0.2) is 0 Å². The molecule has 5 rings (SSSR count). The molecule has 0 radical (unpaired) electrons. The quantitative estimate of drug-likeness (QED) is 0.251. The van der Waals surface area contributed by atoms with Crippen molar-refractivity contribution >= 4 is 17.1 Å². The van der Waals surface area contributed by atoms with E-state index in [1.807, 2.05) is 75.4 Å². The van der Waals surface area contributed by atoms with E-state index in [1.165, 1.54) is 19.3 Å². The third-order valence-corrected chi connectivity index (χ3v) is 7.58. The molecule has 0 aliphatic carbocycles. The molecule has 40 heavy (non-hydrogen) atoms. The number of carbonyl (C=O) groups is 1. The Morgan fingerprint density at radius 2 is 1.62 bits per heavy atom. The minimum absolute atomic E-state index is 0.163. The van der Waals surface area contributed by atoms with Gasteiger partial charge in [0.25, 0.3) is 0 Å². The van der Waals surface area contributed by atoms with E-state index in [2.05, 4.69) is 11.8 Å². The van der Waals surface area contributed by atoms with Crippen LogP contribution in [0, 0.1) is 5.41 Å². The Balaban J connectivity index is 1.39. The number of rotatable bonds is 7. The highest BCUT2D eigenvalue weighted by molar-refractivity contribution is 5.95. The van der Waals surface area contributed by atoms with Crippen molar-refractivity contribution < 1.29 is 24.1 Å². The van der Waals surface area contributed by atoms with Crippen molar-refractivity contribution in [2.75, 3.05) is 26.2 Å². The lowest BCUT2D eigenvalue weighted by molar-refractivity contribution is -0.143. The number of aromatic hydroxyl groups is 1. The first-order chi connectivity index (χ1) is 19.2. The van der Waals surface area contributed by atoms with Gasteiger partial charge < -0.3 is 19.3 Å². The maximum atomic E-state index is 12.4. The molecule has 6 nitrogen and oxygen atoms in total. The average Bonchev–Trinajstić information content (AvgIpc) is 2.94. The Hall–Kier alpha value is -3.77. The Kier molecular flexibility index (Phi) is 8.17. The SMILES string of the molecule is CC1=C(c2ccc(OC(=O)C(C)(C)C)cc2)[C@H](c2ccc(OCCN3CCCCC3)cc2)Oc2cc(O)ccc21. The van der Waals surface area contributed by atoms with E-state index in [1.54, 1.807) is 12.1 Å². The first-order valence-corrected chi connectivity index (χ1v) is 14.2. The summed E-state index contributed by atoms with van der Waals surface area (Å²) in [6.07, 6.45) is 3.49. The molecule has 0 aromatic heterocycles. The van der Waals surface area contributed by atoms with Gasteiger partial charge in [-0.15, -0.1) is 0 Å². The summed E-state index contributed by atoms with van der Waals surface area (Å²) >= 11 is 0. The summed E-state index contributed by atoms with van der Waals surface area (Å²) in [6, 6.07) is 20.9. The fraction of sp³-hybridized carbons (Fsp3) is 0.382. The minimum Gasteiger partial charge on any atom is -0.508 e. The van der Waals surface area contributed by atoms with E-state index in [9.17, 15) is 9.90 Å². The molecule has 2 heterocycles. The monoisotopic (exact) mass is 541 g/mol. The van der Waals surface area contributed by atoms with Crippen molar-refractivity contribution in [1.29, 1.82) is 0 Å². The number of allylic oxidation sites excluding steroid dienone is 1. The van der Waals surface area contributed by atoms with Gasteiger partial charge in [-0.3, -0.25) is 9.69 Å². The van der Waals surface area contributed by atoms with Crippen LogP contribution in [0.15, 0.2) is 66.7 Å². The molecule has 6 heteroatoms. The van der Waals surface area contributed by atoms with Crippen LogP contribution in [0.5, 0.6) is 23.0 Å². The first kappa shape index (κ1) is 27.8. The lowest BCUT2D eigenvalue weighted by Crippen LogP contribution is -2.33. The number of esters is 1. The van der Waals surface area contributed by atoms with E-state index >= 15 is 0 Å². The second kappa shape index (κ2) is 11.8. The number of benzene rings is 3. The Morgan fingerprint density at radius 3 is 2.30 bits per heavy atom. The Morgan fingerprint density at radius 1 is 0.950 bits per heavy atom. The second-order valence-electron chi connectivity index (χ2n) is 11.7. The molecule has 2 aliphatic rings. The summed E-state index contributed by atoms with van der Waals surface area (Å²) in [5.41, 5.74) is 4.38. The summed E-state index contributed by atoms with van der Waals surface area (Å²) in [4.78, 5) is 14.8. The summed E-state index contributed by atoms with van der Waals surface area (Å²) < 4.78 is 18.2. The van der Waals surface area contributed by atoms with Gasteiger partial charge in [0.1, 0.15) is 35.7 Å². The van der Waals surface area contributed by atoms with Crippen LogP contribution in [0.2, 0.25) is 0 Å². The van der Waals surface area contributed by atoms with Crippen molar-refractivity contribution in [2.24, 2.45) is 5.41 Å². The summed E-state index contributed by atoms with van der Waals surface area (Å²) in [6.45, 7) is 11.5. The van der Waals surface area contributed by atoms with E-state index < -0.39 is 5.41 Å². The Labute approximate surface area is 237 Å². The normalized spacial score (nSPS) is 17.6. The fourth-order valence-electron chi connectivity index (χ4n) is 5.23. The first-order valence-electron chi connectivity index (χ1n) is 14.2. The number of hydrogen-bond acceptors (Lipinski definition) is 6. The van der Waals surface area contributed by atoms with Crippen LogP contribution in [-0.2, 0) is 4.79 Å². The highest BCUT2D eigenvalue weighted by Gasteiger charge is 2.30. The minimum atomic E-state index is -0.585. The lowest BCUT2D eigenvalue weighted by Gasteiger charge is -2.31. The van der Waals surface area contributed by atoms with E-state index in [0.717, 1.165) is 53.2 Å². The van der Waals surface area contributed by atoms with Crippen molar-refractivity contribution in [1.82, 2.24) is 4.90 Å². The third kappa shape index (κ3) is 6.34. The number of carbonyl (C=O) groups excluding carboxylic acids is 1. The lowest BCUT2D eigenvalue weighted by atomic mass is 9.86. The second-order valence-corrected chi connectivity index (χ2v) is 11.7. The number of phenolic OH excluding ortho intramolecular Hbond substituents is 1. The molecule has 0 unspecified atom stereocenters. The number of likely N-dealkylation sites (tertiary alicyclic amines) is 1. The van der Waals surface area contributed by atoms with E-state index in [-0.39, 0.29) is 17.8 Å². The molecule has 3 aromatic rings. The van der Waals surface area contributed by atoms with Gasteiger partial charge in [-0.05, 0) is 107 Å². The zero-order valence-corrected chi connectivity index (χ0v) is 23.9. The number of piperidine rings is 1. The van der Waals surface area contributed by atoms with Crippen LogP contribution in [0.25, 0.3) is 11.1 Å².